The van der Waals surface area contributed by atoms with Crippen LogP contribution in [0.5, 0.6) is 0 Å². The molecular formula is C18H20Cl2N3O-. The van der Waals surface area contributed by atoms with Crippen LogP contribution in [0.1, 0.15) is 5.56 Å². The standard InChI is InChI=1S/C18H20ClN3O.ClH/c19-16-7-4-8-17(13-16)20-18(23)22-11-9-21(10-12-22)14-15-5-2-1-3-6-15;/h1-8,13H,9-12,14H2,(H,20,23);1H/p-1. The van der Waals surface area contributed by atoms with Crippen molar-refractivity contribution in [3.8, 4) is 0 Å². The van der Waals surface area contributed by atoms with E-state index in [1.807, 2.05) is 23.1 Å². The first-order chi connectivity index (χ1) is 11.2. The molecule has 1 fully saturated rings. The highest BCUT2D eigenvalue weighted by molar-refractivity contribution is 6.30. The van der Waals surface area contributed by atoms with E-state index in [9.17, 15) is 4.79 Å². The van der Waals surface area contributed by atoms with E-state index >= 15 is 0 Å². The van der Waals surface area contributed by atoms with Gasteiger partial charge in [-0.1, -0.05) is 48.0 Å². The smallest absolute Gasteiger partial charge is 0.321 e. The van der Waals surface area contributed by atoms with Crippen molar-refractivity contribution in [2.75, 3.05) is 31.5 Å². The largest absolute Gasteiger partial charge is 1.00 e. The molecule has 0 atom stereocenters. The van der Waals surface area contributed by atoms with Crippen LogP contribution in [-0.4, -0.2) is 42.0 Å². The lowest BCUT2D eigenvalue weighted by Crippen LogP contribution is -3.00. The van der Waals surface area contributed by atoms with Gasteiger partial charge in [0.05, 0.1) is 0 Å². The van der Waals surface area contributed by atoms with Crippen molar-refractivity contribution in [2.45, 2.75) is 6.54 Å². The fourth-order valence-corrected chi connectivity index (χ4v) is 2.91. The van der Waals surface area contributed by atoms with Crippen molar-refractivity contribution in [1.82, 2.24) is 9.80 Å². The van der Waals surface area contributed by atoms with E-state index in [1.54, 1.807) is 12.1 Å². The van der Waals surface area contributed by atoms with Gasteiger partial charge in [0.2, 0.25) is 0 Å². The summed E-state index contributed by atoms with van der Waals surface area (Å²) in [6.07, 6.45) is 0. The highest BCUT2D eigenvalue weighted by atomic mass is 35.5. The molecule has 0 bridgehead atoms. The van der Waals surface area contributed by atoms with Crippen LogP contribution < -0.4 is 17.7 Å². The second-order valence-corrected chi connectivity index (χ2v) is 6.13. The molecule has 0 spiro atoms. The van der Waals surface area contributed by atoms with Crippen molar-refractivity contribution in [3.05, 3.63) is 65.2 Å². The van der Waals surface area contributed by atoms with E-state index in [4.69, 9.17) is 11.6 Å². The van der Waals surface area contributed by atoms with E-state index in [0.717, 1.165) is 38.4 Å². The lowest BCUT2D eigenvalue weighted by molar-refractivity contribution is -0.00000808. The van der Waals surface area contributed by atoms with Gasteiger partial charge in [-0.2, -0.15) is 0 Å². The molecule has 6 heteroatoms. The van der Waals surface area contributed by atoms with E-state index in [1.165, 1.54) is 5.56 Å². The molecule has 2 amide bonds. The highest BCUT2D eigenvalue weighted by Crippen LogP contribution is 2.16. The summed E-state index contributed by atoms with van der Waals surface area (Å²) in [6, 6.07) is 17.6. The maximum Gasteiger partial charge on any atom is 0.321 e. The third-order valence-corrected chi connectivity index (χ3v) is 4.22. The van der Waals surface area contributed by atoms with Gasteiger partial charge in [-0.3, -0.25) is 4.90 Å². The van der Waals surface area contributed by atoms with E-state index in [-0.39, 0.29) is 18.4 Å². The summed E-state index contributed by atoms with van der Waals surface area (Å²) in [5.74, 6) is 0. The van der Waals surface area contributed by atoms with Crippen molar-refractivity contribution in [3.63, 3.8) is 0 Å². The lowest BCUT2D eigenvalue weighted by atomic mass is 10.2. The molecule has 24 heavy (non-hydrogen) atoms. The van der Waals surface area contributed by atoms with E-state index in [2.05, 4.69) is 34.5 Å². The summed E-state index contributed by atoms with van der Waals surface area (Å²) in [6.45, 7) is 4.18. The highest BCUT2D eigenvalue weighted by Gasteiger charge is 2.21. The second kappa shape index (κ2) is 8.92. The predicted octanol–water partition coefficient (Wildman–Crippen LogP) is 0.694. The molecule has 4 nitrogen and oxygen atoms in total. The minimum Gasteiger partial charge on any atom is -1.00 e. The lowest BCUT2D eigenvalue weighted by Gasteiger charge is -2.34. The quantitative estimate of drug-likeness (QED) is 0.869. The monoisotopic (exact) mass is 364 g/mol. The first kappa shape index (κ1) is 18.6. The average molecular weight is 365 g/mol. The Kier molecular flexibility index (Phi) is 6.91. The van der Waals surface area contributed by atoms with Crippen molar-refractivity contribution < 1.29 is 17.2 Å². The summed E-state index contributed by atoms with van der Waals surface area (Å²) in [4.78, 5) is 16.5. The third-order valence-electron chi connectivity index (χ3n) is 3.98. The number of rotatable bonds is 3. The fraction of sp³-hybridized carbons (Fsp3) is 0.278. The molecule has 128 valence electrons. The molecule has 0 aromatic heterocycles. The van der Waals surface area contributed by atoms with Crippen LogP contribution in [0.2, 0.25) is 5.02 Å². The first-order valence-corrected chi connectivity index (χ1v) is 8.16. The van der Waals surface area contributed by atoms with Gasteiger partial charge < -0.3 is 22.6 Å². The maximum atomic E-state index is 12.3. The summed E-state index contributed by atoms with van der Waals surface area (Å²) in [5, 5.41) is 3.52. The summed E-state index contributed by atoms with van der Waals surface area (Å²) >= 11 is 5.94. The van der Waals surface area contributed by atoms with Crippen LogP contribution in [0.3, 0.4) is 0 Å². The predicted molar refractivity (Wildman–Crippen MR) is 93.8 cm³/mol. The topological polar surface area (TPSA) is 35.6 Å². The number of carbonyl (C=O) groups excluding carboxylic acids is 1. The zero-order valence-electron chi connectivity index (χ0n) is 13.3. The number of urea groups is 1. The van der Waals surface area contributed by atoms with Crippen LogP contribution in [-0.2, 0) is 6.54 Å². The molecule has 0 unspecified atom stereocenters. The number of hydrogen-bond donors (Lipinski definition) is 1. The number of nitrogens with zero attached hydrogens (tertiary/aromatic N) is 2. The Morgan fingerprint density at radius 1 is 1.00 bits per heavy atom. The molecule has 1 saturated heterocycles. The zero-order valence-corrected chi connectivity index (χ0v) is 14.8. The molecular weight excluding hydrogens is 345 g/mol. The van der Waals surface area contributed by atoms with Crippen LogP contribution in [0.25, 0.3) is 0 Å². The van der Waals surface area contributed by atoms with Gasteiger partial charge in [0, 0.05) is 43.4 Å². The number of benzene rings is 2. The Bertz CT molecular complexity index is 658. The fourth-order valence-electron chi connectivity index (χ4n) is 2.72. The summed E-state index contributed by atoms with van der Waals surface area (Å²) in [7, 11) is 0. The Morgan fingerprint density at radius 2 is 1.71 bits per heavy atom. The van der Waals surface area contributed by atoms with E-state index < -0.39 is 0 Å². The molecule has 3 rings (SSSR count). The molecule has 0 aliphatic carbocycles. The van der Waals surface area contributed by atoms with Crippen LogP contribution in [0.15, 0.2) is 54.6 Å². The van der Waals surface area contributed by atoms with Gasteiger partial charge in [0.1, 0.15) is 0 Å². The SMILES string of the molecule is O=C(Nc1cccc(Cl)c1)N1CCN(Cc2ccccc2)CC1.[Cl-]. The number of carbonyl (C=O) groups is 1. The minimum atomic E-state index is -0.0633. The number of piperazine rings is 1. The number of hydrogen-bond acceptors (Lipinski definition) is 2. The van der Waals surface area contributed by atoms with Crippen LogP contribution >= 0.6 is 11.6 Å². The molecule has 1 N–H and O–H groups in total. The second-order valence-electron chi connectivity index (χ2n) is 5.69. The van der Waals surface area contributed by atoms with Gasteiger partial charge in [-0.05, 0) is 23.8 Å². The Hall–Kier alpha value is -1.75. The van der Waals surface area contributed by atoms with Gasteiger partial charge >= 0.3 is 6.03 Å². The molecule has 0 radical (unpaired) electrons. The Balaban J connectivity index is 0.00000208. The molecule has 1 aliphatic heterocycles. The van der Waals surface area contributed by atoms with Crippen molar-refractivity contribution >= 4 is 23.3 Å². The van der Waals surface area contributed by atoms with E-state index in [0.29, 0.717) is 5.02 Å². The Labute approximate surface area is 153 Å². The van der Waals surface area contributed by atoms with Crippen molar-refractivity contribution in [1.29, 1.82) is 0 Å². The van der Waals surface area contributed by atoms with Gasteiger partial charge in [0.15, 0.2) is 0 Å². The Morgan fingerprint density at radius 3 is 2.38 bits per heavy atom. The minimum absolute atomic E-state index is 0. The first-order valence-electron chi connectivity index (χ1n) is 7.78. The van der Waals surface area contributed by atoms with Gasteiger partial charge in [-0.25, -0.2) is 4.79 Å². The van der Waals surface area contributed by atoms with Gasteiger partial charge in [0.25, 0.3) is 0 Å². The number of nitrogens with one attached hydrogen (secondary N) is 1. The van der Waals surface area contributed by atoms with Crippen molar-refractivity contribution in [2.24, 2.45) is 0 Å². The number of halogens is 2. The number of amides is 2. The zero-order chi connectivity index (χ0) is 16.1. The molecule has 2 aromatic carbocycles. The van der Waals surface area contributed by atoms with Gasteiger partial charge in [-0.15, -0.1) is 0 Å². The number of anilines is 1. The molecule has 1 aliphatic rings. The summed E-state index contributed by atoms with van der Waals surface area (Å²) in [5.41, 5.74) is 2.04. The van der Waals surface area contributed by atoms with Crippen LogP contribution in [0, 0.1) is 0 Å². The van der Waals surface area contributed by atoms with Crippen LogP contribution in [0.4, 0.5) is 10.5 Å². The molecule has 2 aromatic rings. The summed E-state index contributed by atoms with van der Waals surface area (Å²) < 4.78 is 0. The average Bonchev–Trinajstić information content (AvgIpc) is 2.56. The molecule has 0 saturated carbocycles. The maximum absolute atomic E-state index is 12.3. The molecule has 1 heterocycles. The normalized spacial score (nSPS) is 14.8. The third kappa shape index (κ3) is 5.13.